The van der Waals surface area contributed by atoms with Gasteiger partial charge >= 0.3 is 6.09 Å². The van der Waals surface area contributed by atoms with Crippen LogP contribution in [0.2, 0.25) is 0 Å². The van der Waals surface area contributed by atoms with Crippen LogP contribution in [0.3, 0.4) is 0 Å². The number of ketones is 2. The zero-order chi connectivity index (χ0) is 63.6. The molecule has 4 atom stereocenters. The minimum Gasteiger partial charge on any atom is -0.507 e. The van der Waals surface area contributed by atoms with Gasteiger partial charge in [-0.25, -0.2) is 4.79 Å². The van der Waals surface area contributed by atoms with E-state index in [1.807, 2.05) is 61.6 Å². The van der Waals surface area contributed by atoms with Crippen LogP contribution in [0.1, 0.15) is 119 Å². The number of nitrogens with zero attached hydrogens (tertiary/aromatic N) is 6. The molecule has 7 aliphatic heterocycles. The number of anilines is 2. The summed E-state index contributed by atoms with van der Waals surface area (Å²) < 4.78 is 29.3. The number of carbonyl (C=O) groups is 7. The van der Waals surface area contributed by atoms with Crippen molar-refractivity contribution in [3.8, 4) is 34.5 Å². The third-order valence-corrected chi connectivity index (χ3v) is 19.8. The lowest BCUT2D eigenvalue weighted by molar-refractivity contribution is -0.124. The number of rotatable bonds is 15. The number of aromatic hydroxyl groups is 1. The first-order chi connectivity index (χ1) is 44.2. The van der Waals surface area contributed by atoms with Crippen LogP contribution in [0.4, 0.5) is 16.2 Å². The van der Waals surface area contributed by atoms with Crippen LogP contribution in [0, 0.1) is 0 Å². The van der Waals surface area contributed by atoms with Crippen molar-refractivity contribution in [2.24, 2.45) is 0 Å². The molecule has 0 bridgehead atoms. The SMILES string of the molecule is COc1cc2c(cc1OCCCC(=O)N1C[C@@H](CCl)c3c1cc(O)c1ccccc31)CC(=O)[C@@H]1CCCCN1C2=O.COc1cc2c(cc1OCCCC(=O)N1C[C@@H](CCl)c3c1cc(OC(=O)N1CCN(C)CC1)c1ccccc31)CC(=O)[C@@H]1CCCCN1C2=O. The molecule has 0 radical (unpaired) electrons. The molecule has 19 nitrogen and oxygen atoms in total. The van der Waals surface area contributed by atoms with Gasteiger partial charge < -0.3 is 58.2 Å². The molecule has 3 fully saturated rings. The highest BCUT2D eigenvalue weighted by Gasteiger charge is 2.41. The number of carbonyl (C=O) groups excluding carboxylic acids is 7. The van der Waals surface area contributed by atoms with E-state index in [4.69, 9.17) is 46.9 Å². The zero-order valence-corrected chi connectivity index (χ0v) is 53.2. The summed E-state index contributed by atoms with van der Waals surface area (Å²) in [6.45, 7) is 5.27. The van der Waals surface area contributed by atoms with E-state index in [2.05, 4.69) is 4.90 Å². The molecule has 91 heavy (non-hydrogen) atoms. The summed E-state index contributed by atoms with van der Waals surface area (Å²) in [5.41, 5.74) is 5.63. The topological polar surface area (TPSA) is 205 Å². The molecule has 7 heterocycles. The van der Waals surface area contributed by atoms with E-state index in [9.17, 15) is 38.7 Å². The van der Waals surface area contributed by atoms with Crippen molar-refractivity contribution < 1.29 is 62.4 Å². The fourth-order valence-corrected chi connectivity index (χ4v) is 14.8. The normalized spacial score (nSPS) is 20.3. The monoisotopic (exact) mass is 1280 g/mol. The molecule has 6 aromatic carbocycles. The zero-order valence-electron chi connectivity index (χ0n) is 51.6. The molecule has 21 heteroatoms. The number of benzene rings is 6. The lowest BCUT2D eigenvalue weighted by atomic mass is 9.95. The largest absolute Gasteiger partial charge is 0.507 e. The lowest BCUT2D eigenvalue weighted by Crippen LogP contribution is -2.48. The third-order valence-electron chi connectivity index (χ3n) is 19.0. The molecule has 5 amide bonds. The van der Waals surface area contributed by atoms with Gasteiger partial charge in [-0.3, -0.25) is 28.8 Å². The standard InChI is InChI=1S/C38H43ClN4O7.C32H33ClN2O6/c1-40-13-15-41(16-14-40)38(47)50-32-21-30-36(27-9-4-3-8-26(27)32)25(22-39)23-43(30)35(45)11-7-17-49-34-19-24-18-31(44)29-10-5-6-12-42(29)37(46)28(24)20-33(34)48-2;1-40-28-15-23-19(13-27(37)24-9-4-5-11-34(24)32(23)39)14-29(28)41-12-6-10-30(38)35-18-20(17-33)31-22-8-3-2-7-21(22)26(36)16-25(31)35/h3-4,8-9,19-21,25,29H,5-7,10-18,22-23H2,1-2H3;2-3,7-8,14-16,20,24,36H,4-6,9-13,17-18H2,1H3/t25-,29+;20-,24+/m11/s1. The van der Waals surface area contributed by atoms with E-state index in [0.29, 0.717) is 139 Å². The second-order valence-corrected chi connectivity index (χ2v) is 25.2. The summed E-state index contributed by atoms with van der Waals surface area (Å²) >= 11 is 12.8. The van der Waals surface area contributed by atoms with Crippen LogP contribution < -0.4 is 33.5 Å². The Hall–Kier alpha value is -8.13. The molecule has 13 rings (SSSR count). The van der Waals surface area contributed by atoms with E-state index in [1.165, 1.54) is 14.2 Å². The molecule has 0 aliphatic carbocycles. The number of phenolic OH excluding ortho intramolecular Hbond substituents is 1. The molecule has 7 aliphatic rings. The van der Waals surface area contributed by atoms with Gasteiger partial charge in [-0.05, 0) is 116 Å². The van der Waals surface area contributed by atoms with Gasteiger partial charge in [0, 0.05) is 136 Å². The number of fused-ring (bicyclic) bond motifs is 10. The van der Waals surface area contributed by atoms with Crippen molar-refractivity contribution in [1.29, 1.82) is 0 Å². The average Bonchev–Trinajstić information content (AvgIpc) is 1.69. The maximum Gasteiger partial charge on any atom is 0.415 e. The molecular formula is C70H76Cl2N6O13. The predicted octanol–water partition coefficient (Wildman–Crippen LogP) is 10.4. The number of halogens is 2. The van der Waals surface area contributed by atoms with Gasteiger partial charge in [0.05, 0.1) is 50.9 Å². The minimum absolute atomic E-state index is 0.0215. The number of likely N-dealkylation sites (N-methyl/N-ethyl adjacent to an activating group) is 1. The van der Waals surface area contributed by atoms with E-state index in [-0.39, 0.29) is 104 Å². The smallest absolute Gasteiger partial charge is 0.415 e. The Bertz CT molecular complexity index is 3850. The summed E-state index contributed by atoms with van der Waals surface area (Å²) in [6.07, 6.45) is 6.32. The van der Waals surface area contributed by atoms with Crippen molar-refractivity contribution in [2.45, 2.75) is 101 Å². The quantitative estimate of drug-likeness (QED) is 0.0750. The molecule has 6 aromatic rings. The first kappa shape index (κ1) is 63.0. The summed E-state index contributed by atoms with van der Waals surface area (Å²) in [4.78, 5) is 104. The number of hydrogen-bond donors (Lipinski definition) is 1. The van der Waals surface area contributed by atoms with Crippen molar-refractivity contribution in [1.82, 2.24) is 19.6 Å². The van der Waals surface area contributed by atoms with Crippen molar-refractivity contribution in [3.63, 3.8) is 0 Å². The van der Waals surface area contributed by atoms with Gasteiger partial charge in [-0.2, -0.15) is 0 Å². The number of Topliss-reactive ketones (excluding diaryl/α,β-unsaturated/α-hetero) is 2. The van der Waals surface area contributed by atoms with Crippen molar-refractivity contribution >= 4 is 97.4 Å². The number of hydrogen-bond acceptors (Lipinski definition) is 14. The molecule has 0 aromatic heterocycles. The Morgan fingerprint density at radius 1 is 0.549 bits per heavy atom. The number of piperidine rings is 2. The molecular weight excluding hydrogens is 1200 g/mol. The Morgan fingerprint density at radius 3 is 1.49 bits per heavy atom. The van der Waals surface area contributed by atoms with Gasteiger partial charge in [0.15, 0.2) is 34.6 Å². The molecule has 478 valence electrons. The van der Waals surface area contributed by atoms with Crippen LogP contribution in [-0.4, -0.2) is 177 Å². The average molecular weight is 1280 g/mol. The Kier molecular flexibility index (Phi) is 19.0. The first-order valence-electron chi connectivity index (χ1n) is 31.7. The van der Waals surface area contributed by atoms with Crippen LogP contribution in [0.25, 0.3) is 21.5 Å². The Labute approximate surface area is 538 Å². The van der Waals surface area contributed by atoms with Crippen LogP contribution in [-0.2, 0) is 32.0 Å². The van der Waals surface area contributed by atoms with Crippen LogP contribution in [0.5, 0.6) is 34.5 Å². The lowest BCUT2D eigenvalue weighted by Gasteiger charge is -2.33. The number of piperazine rings is 1. The minimum atomic E-state index is -0.400. The predicted molar refractivity (Wildman–Crippen MR) is 347 cm³/mol. The fourth-order valence-electron chi connectivity index (χ4n) is 14.3. The third kappa shape index (κ3) is 12.6. The summed E-state index contributed by atoms with van der Waals surface area (Å²) in [5, 5.41) is 14.0. The van der Waals surface area contributed by atoms with Gasteiger partial charge in [0.2, 0.25) is 11.8 Å². The Balaban J connectivity index is 0.000000179. The Morgan fingerprint density at radius 2 is 1.01 bits per heavy atom. The van der Waals surface area contributed by atoms with Crippen molar-refractivity contribution in [3.05, 3.63) is 118 Å². The maximum atomic E-state index is 13.8. The highest BCUT2D eigenvalue weighted by atomic mass is 35.5. The second kappa shape index (κ2) is 27.4. The van der Waals surface area contributed by atoms with E-state index in [0.717, 1.165) is 71.4 Å². The molecule has 0 spiro atoms. The van der Waals surface area contributed by atoms with E-state index in [1.54, 1.807) is 54.8 Å². The van der Waals surface area contributed by atoms with Crippen molar-refractivity contribution in [2.75, 3.05) is 108 Å². The molecule has 1 N–H and O–H groups in total. The molecule has 0 saturated carbocycles. The van der Waals surface area contributed by atoms with Crippen LogP contribution >= 0.6 is 23.2 Å². The van der Waals surface area contributed by atoms with E-state index < -0.39 is 6.09 Å². The fraction of sp³-hybridized carbons (Fsp3) is 0.443. The number of phenols is 1. The maximum absolute atomic E-state index is 13.8. The number of amides is 5. The molecule has 0 unspecified atom stereocenters. The van der Waals surface area contributed by atoms with Gasteiger partial charge in [0.1, 0.15) is 11.5 Å². The summed E-state index contributed by atoms with van der Waals surface area (Å²) in [5.74, 6) is 2.56. The van der Waals surface area contributed by atoms with Gasteiger partial charge in [-0.15, -0.1) is 23.2 Å². The summed E-state index contributed by atoms with van der Waals surface area (Å²) in [7, 11) is 5.07. The molecule has 3 saturated heterocycles. The first-order valence-corrected chi connectivity index (χ1v) is 32.8. The number of ether oxygens (including phenoxy) is 5. The highest BCUT2D eigenvalue weighted by Crippen LogP contribution is 2.48. The summed E-state index contributed by atoms with van der Waals surface area (Å²) in [6, 6.07) is 24.9. The highest BCUT2D eigenvalue weighted by molar-refractivity contribution is 6.19. The van der Waals surface area contributed by atoms with E-state index >= 15 is 0 Å². The number of alkyl halides is 2. The van der Waals surface area contributed by atoms with Gasteiger partial charge in [0.25, 0.3) is 11.8 Å². The number of methoxy groups -OCH3 is 2. The second-order valence-electron chi connectivity index (χ2n) is 24.6. The van der Waals surface area contributed by atoms with Crippen LogP contribution in [0.15, 0.2) is 84.9 Å². The van der Waals surface area contributed by atoms with Gasteiger partial charge in [-0.1, -0.05) is 48.5 Å².